The highest BCUT2D eigenvalue weighted by atomic mass is 19.4. The summed E-state index contributed by atoms with van der Waals surface area (Å²) >= 11 is 0. The van der Waals surface area contributed by atoms with Gasteiger partial charge in [-0.3, -0.25) is 4.79 Å². The van der Waals surface area contributed by atoms with Crippen molar-refractivity contribution in [1.82, 2.24) is 9.55 Å². The van der Waals surface area contributed by atoms with Crippen molar-refractivity contribution in [2.75, 3.05) is 0 Å². The van der Waals surface area contributed by atoms with Crippen LogP contribution < -0.4 is 0 Å². The van der Waals surface area contributed by atoms with Gasteiger partial charge in [0.25, 0.3) is 0 Å². The average molecular weight is 300 g/mol. The Balaban J connectivity index is 2.49. The number of hydrogen-bond donors (Lipinski definition) is 1. The molecule has 1 heterocycles. The van der Waals surface area contributed by atoms with Crippen LogP contribution in [-0.4, -0.2) is 26.8 Å². The summed E-state index contributed by atoms with van der Waals surface area (Å²) in [6.45, 7) is 3.34. The molecule has 0 aliphatic carbocycles. The van der Waals surface area contributed by atoms with Crippen molar-refractivity contribution >= 4 is 17.0 Å². The molecule has 0 aliphatic heterocycles. The Labute approximate surface area is 119 Å². The smallest absolute Gasteiger partial charge is 0.389 e. The maximum Gasteiger partial charge on any atom is 0.389 e. The van der Waals surface area contributed by atoms with Crippen LogP contribution >= 0.6 is 0 Å². The van der Waals surface area contributed by atoms with Crippen LogP contribution in [0.3, 0.4) is 0 Å². The molecule has 2 rings (SSSR count). The standard InChI is InChI=1S/C14H15F3N2O2/c1-8-5-10-11(6-9(8)2)19(7-13(20)21)12(18-10)3-4-14(15,16)17/h5-6H,3-4,7H2,1-2H3,(H,20,21). The van der Waals surface area contributed by atoms with Gasteiger partial charge in [-0.15, -0.1) is 0 Å². The van der Waals surface area contributed by atoms with E-state index in [-0.39, 0.29) is 12.2 Å². The number of nitrogens with zero attached hydrogens (tertiary/aromatic N) is 2. The number of benzene rings is 1. The summed E-state index contributed by atoms with van der Waals surface area (Å²) in [6.07, 6.45) is -5.64. The number of carbonyl (C=O) groups is 1. The highest BCUT2D eigenvalue weighted by Crippen LogP contribution is 2.25. The number of fused-ring (bicyclic) bond motifs is 1. The summed E-state index contributed by atoms with van der Waals surface area (Å²) in [5, 5.41) is 8.95. The molecule has 0 spiro atoms. The summed E-state index contributed by atoms with van der Waals surface area (Å²) in [4.78, 5) is 15.1. The number of alkyl halides is 3. The number of aromatic nitrogens is 2. The SMILES string of the molecule is Cc1cc2nc(CCC(F)(F)F)n(CC(=O)O)c2cc1C. The van der Waals surface area contributed by atoms with Gasteiger partial charge in [0.1, 0.15) is 12.4 Å². The lowest BCUT2D eigenvalue weighted by atomic mass is 10.1. The van der Waals surface area contributed by atoms with Gasteiger partial charge in [-0.2, -0.15) is 13.2 Å². The van der Waals surface area contributed by atoms with Crippen molar-refractivity contribution in [1.29, 1.82) is 0 Å². The minimum Gasteiger partial charge on any atom is -0.480 e. The summed E-state index contributed by atoms with van der Waals surface area (Å²) in [6, 6.07) is 3.53. The first-order chi connectivity index (χ1) is 9.67. The summed E-state index contributed by atoms with van der Waals surface area (Å²) in [5.41, 5.74) is 2.98. The normalized spacial score (nSPS) is 12.0. The van der Waals surface area contributed by atoms with Crippen LogP contribution in [-0.2, 0) is 17.8 Å². The third kappa shape index (κ3) is 3.53. The Morgan fingerprint density at radius 3 is 2.48 bits per heavy atom. The van der Waals surface area contributed by atoms with Gasteiger partial charge in [-0.25, -0.2) is 4.98 Å². The zero-order valence-electron chi connectivity index (χ0n) is 11.7. The molecule has 0 bridgehead atoms. The van der Waals surface area contributed by atoms with Crippen LogP contribution in [0, 0.1) is 13.8 Å². The number of carboxylic acids is 1. The Kier molecular flexibility index (Phi) is 3.93. The molecule has 114 valence electrons. The van der Waals surface area contributed by atoms with Crippen LogP contribution in [0.5, 0.6) is 0 Å². The molecular formula is C14H15F3N2O2. The molecule has 1 N–H and O–H groups in total. The minimum atomic E-state index is -4.29. The van der Waals surface area contributed by atoms with Crippen LogP contribution in [0.25, 0.3) is 11.0 Å². The molecule has 0 saturated heterocycles. The molecule has 2 aromatic rings. The Morgan fingerprint density at radius 2 is 1.90 bits per heavy atom. The van der Waals surface area contributed by atoms with Crippen molar-refractivity contribution in [2.24, 2.45) is 0 Å². The molecule has 1 aromatic heterocycles. The lowest BCUT2D eigenvalue weighted by Gasteiger charge is -2.08. The van der Waals surface area contributed by atoms with Gasteiger partial charge in [0.05, 0.1) is 17.5 Å². The molecule has 21 heavy (non-hydrogen) atoms. The Bertz CT molecular complexity index is 690. The van der Waals surface area contributed by atoms with Crippen LogP contribution in [0.4, 0.5) is 13.2 Å². The fourth-order valence-electron chi connectivity index (χ4n) is 2.19. The summed E-state index contributed by atoms with van der Waals surface area (Å²) in [5.74, 6) is -0.962. The van der Waals surface area contributed by atoms with Gasteiger partial charge in [-0.1, -0.05) is 0 Å². The van der Waals surface area contributed by atoms with E-state index in [1.807, 2.05) is 13.8 Å². The third-order valence-corrected chi connectivity index (χ3v) is 3.37. The minimum absolute atomic E-state index is 0.148. The monoisotopic (exact) mass is 300 g/mol. The maximum atomic E-state index is 12.4. The molecule has 0 saturated carbocycles. The van der Waals surface area contributed by atoms with Crippen molar-refractivity contribution in [3.05, 3.63) is 29.1 Å². The van der Waals surface area contributed by atoms with Crippen molar-refractivity contribution in [3.63, 3.8) is 0 Å². The molecule has 0 atom stereocenters. The number of aliphatic carboxylic acids is 1. The highest BCUT2D eigenvalue weighted by molar-refractivity contribution is 5.80. The zero-order valence-corrected chi connectivity index (χ0v) is 11.7. The summed E-state index contributed by atoms with van der Waals surface area (Å²) < 4.78 is 38.4. The van der Waals surface area contributed by atoms with Crippen molar-refractivity contribution < 1.29 is 23.1 Å². The third-order valence-electron chi connectivity index (χ3n) is 3.37. The number of imidazole rings is 1. The van der Waals surface area contributed by atoms with E-state index in [0.717, 1.165) is 11.1 Å². The molecule has 0 amide bonds. The molecule has 0 fully saturated rings. The van der Waals surface area contributed by atoms with Gasteiger partial charge in [0.15, 0.2) is 0 Å². The van der Waals surface area contributed by atoms with Gasteiger partial charge in [0, 0.05) is 6.42 Å². The van der Waals surface area contributed by atoms with Crippen LogP contribution in [0.1, 0.15) is 23.4 Å². The van der Waals surface area contributed by atoms with Gasteiger partial charge < -0.3 is 9.67 Å². The van der Waals surface area contributed by atoms with E-state index in [1.165, 1.54) is 4.57 Å². The van der Waals surface area contributed by atoms with E-state index < -0.39 is 25.1 Å². The van der Waals surface area contributed by atoms with E-state index in [0.29, 0.717) is 11.0 Å². The lowest BCUT2D eigenvalue weighted by molar-refractivity contribution is -0.137. The lowest BCUT2D eigenvalue weighted by Crippen LogP contribution is -2.15. The Hall–Kier alpha value is -2.05. The van der Waals surface area contributed by atoms with Crippen molar-refractivity contribution in [3.8, 4) is 0 Å². The average Bonchev–Trinajstić information content (AvgIpc) is 2.64. The summed E-state index contributed by atoms with van der Waals surface area (Å²) in [7, 11) is 0. The van der Waals surface area contributed by atoms with Crippen molar-refractivity contribution in [2.45, 2.75) is 39.4 Å². The number of halogens is 3. The predicted octanol–water partition coefficient (Wildman–Crippen LogP) is 3.23. The second-order valence-electron chi connectivity index (χ2n) is 5.05. The number of carboxylic acid groups (broad SMARTS) is 1. The fourth-order valence-corrected chi connectivity index (χ4v) is 2.19. The molecule has 0 radical (unpaired) electrons. The second-order valence-corrected chi connectivity index (χ2v) is 5.05. The molecule has 4 nitrogen and oxygen atoms in total. The van der Waals surface area contributed by atoms with Crippen LogP contribution in [0.15, 0.2) is 12.1 Å². The first-order valence-electron chi connectivity index (χ1n) is 6.42. The number of hydrogen-bond acceptors (Lipinski definition) is 2. The number of aryl methyl sites for hydroxylation is 3. The fraction of sp³-hybridized carbons (Fsp3) is 0.429. The predicted molar refractivity (Wildman–Crippen MR) is 71.2 cm³/mol. The molecular weight excluding hydrogens is 285 g/mol. The molecule has 7 heteroatoms. The highest BCUT2D eigenvalue weighted by Gasteiger charge is 2.28. The maximum absolute atomic E-state index is 12.4. The largest absolute Gasteiger partial charge is 0.480 e. The Morgan fingerprint density at radius 1 is 1.29 bits per heavy atom. The van der Waals surface area contributed by atoms with Gasteiger partial charge >= 0.3 is 12.1 Å². The van der Waals surface area contributed by atoms with E-state index in [9.17, 15) is 18.0 Å². The van der Waals surface area contributed by atoms with E-state index in [2.05, 4.69) is 4.98 Å². The first-order valence-corrected chi connectivity index (χ1v) is 6.42. The van der Waals surface area contributed by atoms with Gasteiger partial charge in [-0.05, 0) is 37.1 Å². The van der Waals surface area contributed by atoms with Crippen LogP contribution in [0.2, 0.25) is 0 Å². The van der Waals surface area contributed by atoms with E-state index in [4.69, 9.17) is 5.11 Å². The topological polar surface area (TPSA) is 55.1 Å². The van der Waals surface area contributed by atoms with E-state index in [1.54, 1.807) is 12.1 Å². The quantitative estimate of drug-likeness (QED) is 0.943. The van der Waals surface area contributed by atoms with E-state index >= 15 is 0 Å². The number of rotatable bonds is 4. The molecule has 0 unspecified atom stereocenters. The second kappa shape index (κ2) is 5.38. The molecule has 0 aliphatic rings. The zero-order chi connectivity index (χ0) is 15.8. The van der Waals surface area contributed by atoms with Gasteiger partial charge in [0.2, 0.25) is 0 Å². The first kappa shape index (κ1) is 15.3. The molecule has 1 aromatic carbocycles.